The monoisotopic (exact) mass is 251 g/mol. The molecule has 1 rings (SSSR count). The summed E-state index contributed by atoms with van der Waals surface area (Å²) in [5, 5.41) is 18.8. The summed E-state index contributed by atoms with van der Waals surface area (Å²) in [5.41, 5.74) is 0.767. The van der Waals surface area contributed by atoms with Crippen molar-refractivity contribution in [3.05, 3.63) is 24.3 Å². The van der Waals surface area contributed by atoms with Gasteiger partial charge in [-0.2, -0.15) is 0 Å². The first-order valence-corrected chi connectivity index (χ1v) is 6.30. The summed E-state index contributed by atoms with van der Waals surface area (Å²) in [5.74, 6) is 0.749. The van der Waals surface area contributed by atoms with Gasteiger partial charge in [0, 0.05) is 32.2 Å². The number of hydrogen-bond donors (Lipinski definition) is 1. The third kappa shape index (κ3) is 5.14. The predicted octanol–water partition coefficient (Wildman–Crippen LogP) is 2.79. The summed E-state index contributed by atoms with van der Waals surface area (Å²) in [6, 6.07) is 7.47. The lowest BCUT2D eigenvalue weighted by Crippen LogP contribution is -2.14. The van der Waals surface area contributed by atoms with Crippen molar-refractivity contribution in [1.29, 1.82) is 0 Å². The molecule has 0 aromatic heterocycles. The largest absolute Gasteiger partial charge is 0.493 e. The molecule has 0 saturated carbocycles. The first-order valence-electron chi connectivity index (χ1n) is 6.30. The van der Waals surface area contributed by atoms with Gasteiger partial charge in [-0.15, -0.1) is 5.11 Å². The fourth-order valence-electron chi connectivity index (χ4n) is 1.36. The molecule has 0 fully saturated rings. The highest BCUT2D eigenvalue weighted by Gasteiger charge is 1.97. The molecular formula is C13H21N3O2. The van der Waals surface area contributed by atoms with Crippen molar-refractivity contribution in [2.45, 2.75) is 20.3 Å². The second kappa shape index (κ2) is 8.47. The van der Waals surface area contributed by atoms with E-state index in [-0.39, 0.29) is 6.61 Å². The molecule has 100 valence electrons. The van der Waals surface area contributed by atoms with Crippen LogP contribution in [0.3, 0.4) is 0 Å². The van der Waals surface area contributed by atoms with Crippen molar-refractivity contribution < 1.29 is 9.84 Å². The van der Waals surface area contributed by atoms with Gasteiger partial charge in [0.25, 0.3) is 0 Å². The van der Waals surface area contributed by atoms with Crippen LogP contribution in [-0.2, 0) is 0 Å². The first kappa shape index (κ1) is 14.4. The third-order valence-electron chi connectivity index (χ3n) is 2.41. The summed E-state index contributed by atoms with van der Waals surface area (Å²) in [6.45, 7) is 6.40. The second-order valence-electron chi connectivity index (χ2n) is 3.75. The molecule has 0 bridgehead atoms. The van der Waals surface area contributed by atoms with Crippen molar-refractivity contribution in [2.24, 2.45) is 10.3 Å². The summed E-state index contributed by atoms with van der Waals surface area (Å²) in [7, 11) is 0. The topological polar surface area (TPSA) is 57.4 Å². The van der Waals surface area contributed by atoms with Gasteiger partial charge in [-0.25, -0.2) is 0 Å². The number of benzene rings is 1. The van der Waals surface area contributed by atoms with E-state index in [2.05, 4.69) is 10.3 Å². The van der Waals surface area contributed by atoms with Gasteiger partial charge in [0.05, 0.1) is 12.3 Å². The van der Waals surface area contributed by atoms with Crippen LogP contribution in [0.5, 0.6) is 5.75 Å². The Balaban J connectivity index is 2.58. The van der Waals surface area contributed by atoms with E-state index < -0.39 is 0 Å². The fraction of sp³-hybridized carbons (Fsp3) is 0.538. The van der Waals surface area contributed by atoms with Crippen molar-refractivity contribution in [1.82, 2.24) is 5.01 Å². The van der Waals surface area contributed by atoms with E-state index in [1.807, 2.05) is 43.1 Å². The highest BCUT2D eigenvalue weighted by atomic mass is 16.5. The zero-order valence-corrected chi connectivity index (χ0v) is 11.0. The van der Waals surface area contributed by atoms with Gasteiger partial charge in [-0.05, 0) is 26.0 Å². The highest BCUT2D eigenvalue weighted by Crippen LogP contribution is 2.20. The Morgan fingerprint density at radius 3 is 2.72 bits per heavy atom. The van der Waals surface area contributed by atoms with Crippen LogP contribution in [0.4, 0.5) is 5.69 Å². The summed E-state index contributed by atoms with van der Waals surface area (Å²) >= 11 is 0. The molecule has 0 saturated heterocycles. The van der Waals surface area contributed by atoms with Crippen LogP contribution in [0.2, 0.25) is 0 Å². The van der Waals surface area contributed by atoms with Crippen molar-refractivity contribution in [3.63, 3.8) is 0 Å². The predicted molar refractivity (Wildman–Crippen MR) is 71.1 cm³/mol. The minimum atomic E-state index is 0.140. The summed E-state index contributed by atoms with van der Waals surface area (Å²) < 4.78 is 5.47. The molecule has 0 aliphatic heterocycles. The molecule has 18 heavy (non-hydrogen) atoms. The molecule has 0 radical (unpaired) electrons. The van der Waals surface area contributed by atoms with Crippen LogP contribution in [0, 0.1) is 0 Å². The lowest BCUT2D eigenvalue weighted by atomic mass is 10.3. The number of ether oxygens (including phenoxy) is 1. The minimum absolute atomic E-state index is 0.140. The maximum absolute atomic E-state index is 8.68. The Kier molecular flexibility index (Phi) is 6.79. The standard InChI is InChI=1S/C13H21N3O2/c1-3-16(4-2)15-14-12-7-5-8-13(11-12)18-10-6-9-17/h5,7-8,11,17H,3-4,6,9-10H2,1-2H3. The second-order valence-corrected chi connectivity index (χ2v) is 3.75. The third-order valence-corrected chi connectivity index (χ3v) is 2.41. The number of hydrogen-bond acceptors (Lipinski definition) is 4. The van der Waals surface area contributed by atoms with Gasteiger partial charge in [0.1, 0.15) is 5.75 Å². The van der Waals surface area contributed by atoms with Crippen LogP contribution in [-0.4, -0.2) is 36.4 Å². The van der Waals surface area contributed by atoms with Gasteiger partial charge in [-0.1, -0.05) is 11.3 Å². The van der Waals surface area contributed by atoms with Gasteiger partial charge < -0.3 is 9.84 Å². The van der Waals surface area contributed by atoms with E-state index >= 15 is 0 Å². The summed E-state index contributed by atoms with van der Waals surface area (Å²) in [6.07, 6.45) is 0.630. The van der Waals surface area contributed by atoms with Gasteiger partial charge in [0.2, 0.25) is 0 Å². The Morgan fingerprint density at radius 2 is 2.06 bits per heavy atom. The van der Waals surface area contributed by atoms with Crippen molar-refractivity contribution >= 4 is 5.69 Å². The number of aliphatic hydroxyl groups is 1. The van der Waals surface area contributed by atoms with Crippen molar-refractivity contribution in [3.8, 4) is 5.75 Å². The Hall–Kier alpha value is -1.62. The lowest BCUT2D eigenvalue weighted by Gasteiger charge is -2.11. The van der Waals surface area contributed by atoms with Crippen LogP contribution >= 0.6 is 0 Å². The van der Waals surface area contributed by atoms with E-state index in [9.17, 15) is 0 Å². The van der Waals surface area contributed by atoms with E-state index in [1.54, 1.807) is 0 Å². The van der Waals surface area contributed by atoms with E-state index in [1.165, 1.54) is 0 Å². The molecule has 0 aliphatic rings. The Labute approximate surface area is 108 Å². The Bertz CT molecular complexity index is 365. The molecule has 0 atom stereocenters. The first-order chi connectivity index (χ1) is 8.80. The van der Waals surface area contributed by atoms with Crippen LogP contribution in [0.1, 0.15) is 20.3 Å². The molecule has 5 heteroatoms. The molecule has 0 unspecified atom stereocenters. The average Bonchev–Trinajstić information content (AvgIpc) is 2.41. The molecule has 1 aromatic rings. The minimum Gasteiger partial charge on any atom is -0.493 e. The molecule has 0 amide bonds. The van der Waals surface area contributed by atoms with E-state index in [0.29, 0.717) is 13.0 Å². The maximum Gasteiger partial charge on any atom is 0.121 e. The normalized spacial score (nSPS) is 10.8. The van der Waals surface area contributed by atoms with Crippen molar-refractivity contribution in [2.75, 3.05) is 26.3 Å². The zero-order valence-electron chi connectivity index (χ0n) is 11.0. The average molecular weight is 251 g/mol. The molecule has 1 aromatic carbocycles. The SMILES string of the molecule is CCN(CC)N=Nc1cccc(OCCCO)c1. The van der Waals surface area contributed by atoms with Gasteiger partial charge in [-0.3, -0.25) is 5.01 Å². The van der Waals surface area contributed by atoms with Gasteiger partial charge in [0.15, 0.2) is 0 Å². The molecule has 5 nitrogen and oxygen atoms in total. The molecular weight excluding hydrogens is 230 g/mol. The van der Waals surface area contributed by atoms with Gasteiger partial charge >= 0.3 is 0 Å². The molecule has 0 heterocycles. The number of aliphatic hydroxyl groups excluding tert-OH is 1. The maximum atomic E-state index is 8.68. The van der Waals surface area contributed by atoms with E-state index in [0.717, 1.165) is 24.5 Å². The number of rotatable bonds is 8. The van der Waals surface area contributed by atoms with E-state index in [4.69, 9.17) is 9.84 Å². The smallest absolute Gasteiger partial charge is 0.121 e. The molecule has 0 aliphatic carbocycles. The van der Waals surface area contributed by atoms with Crippen LogP contribution < -0.4 is 4.74 Å². The fourth-order valence-corrected chi connectivity index (χ4v) is 1.36. The lowest BCUT2D eigenvalue weighted by molar-refractivity contribution is 0.233. The summed E-state index contributed by atoms with van der Waals surface area (Å²) in [4.78, 5) is 0. The highest BCUT2D eigenvalue weighted by molar-refractivity contribution is 5.42. The molecule has 0 spiro atoms. The van der Waals surface area contributed by atoms with Crippen LogP contribution in [0.15, 0.2) is 34.6 Å². The van der Waals surface area contributed by atoms with Crippen LogP contribution in [0.25, 0.3) is 0 Å². The molecule has 1 N–H and O–H groups in total. The number of nitrogens with zero attached hydrogens (tertiary/aromatic N) is 3. The Morgan fingerprint density at radius 1 is 1.28 bits per heavy atom. The zero-order chi connectivity index (χ0) is 13.2. The quantitative estimate of drug-likeness (QED) is 0.439.